The number of hydrogen-bond acceptors (Lipinski definition) is 2. The molecule has 4 nitrogen and oxygen atoms in total. The lowest BCUT2D eigenvalue weighted by molar-refractivity contribution is 0.0424. The van der Waals surface area contributed by atoms with E-state index >= 15 is 0 Å². The van der Waals surface area contributed by atoms with Gasteiger partial charge in [0.15, 0.2) is 0 Å². The first-order valence-corrected chi connectivity index (χ1v) is 9.11. The van der Waals surface area contributed by atoms with Crippen molar-refractivity contribution in [3.63, 3.8) is 0 Å². The predicted molar refractivity (Wildman–Crippen MR) is 98.1 cm³/mol. The van der Waals surface area contributed by atoms with Gasteiger partial charge in [-0.3, -0.25) is 4.90 Å². The lowest BCUT2D eigenvalue weighted by Gasteiger charge is -2.46. The summed E-state index contributed by atoms with van der Waals surface area (Å²) in [5, 5.41) is 9.58. The second kappa shape index (κ2) is 7.08. The molecule has 1 amide bonds. The van der Waals surface area contributed by atoms with Gasteiger partial charge >= 0.3 is 6.09 Å². The van der Waals surface area contributed by atoms with Crippen LogP contribution in [0.25, 0.3) is 0 Å². The molecule has 3 atom stereocenters. The average molecular weight is 354 g/mol. The summed E-state index contributed by atoms with van der Waals surface area (Å²) in [6, 6.07) is 20.2. The Hall–Kier alpha value is -2.40. The SMILES string of the molecule is O=C(O)N1C[C@@H]2C[C@@H](F)CN2[C@H](C(c2ccccc2)c2ccccc2)C1. The van der Waals surface area contributed by atoms with E-state index in [0.717, 1.165) is 11.1 Å². The van der Waals surface area contributed by atoms with Gasteiger partial charge in [-0.2, -0.15) is 0 Å². The highest BCUT2D eigenvalue weighted by Gasteiger charge is 2.46. The maximum absolute atomic E-state index is 14.2. The van der Waals surface area contributed by atoms with Gasteiger partial charge in [-0.05, 0) is 17.5 Å². The second-order valence-corrected chi connectivity index (χ2v) is 7.24. The summed E-state index contributed by atoms with van der Waals surface area (Å²) < 4.78 is 14.2. The van der Waals surface area contributed by atoms with E-state index in [4.69, 9.17) is 0 Å². The fourth-order valence-corrected chi connectivity index (χ4v) is 4.54. The molecule has 0 radical (unpaired) electrons. The third kappa shape index (κ3) is 3.19. The van der Waals surface area contributed by atoms with Crippen LogP contribution in [-0.2, 0) is 0 Å². The third-order valence-electron chi connectivity index (χ3n) is 5.64. The molecule has 136 valence electrons. The topological polar surface area (TPSA) is 43.8 Å². The normalized spacial score (nSPS) is 26.1. The summed E-state index contributed by atoms with van der Waals surface area (Å²) in [6.45, 7) is 1.18. The molecule has 2 aromatic rings. The summed E-state index contributed by atoms with van der Waals surface area (Å²) in [4.78, 5) is 15.3. The maximum Gasteiger partial charge on any atom is 0.407 e. The Balaban J connectivity index is 1.76. The number of hydrogen-bond donors (Lipinski definition) is 1. The molecule has 2 saturated heterocycles. The number of amides is 1. The monoisotopic (exact) mass is 354 g/mol. The van der Waals surface area contributed by atoms with Crippen molar-refractivity contribution in [2.24, 2.45) is 0 Å². The van der Waals surface area contributed by atoms with Crippen LogP contribution in [0.1, 0.15) is 23.5 Å². The van der Waals surface area contributed by atoms with E-state index in [1.807, 2.05) is 36.4 Å². The first-order valence-electron chi connectivity index (χ1n) is 9.11. The summed E-state index contributed by atoms with van der Waals surface area (Å²) in [6.07, 6.45) is -1.39. The van der Waals surface area contributed by atoms with E-state index < -0.39 is 12.3 Å². The number of halogens is 1. The van der Waals surface area contributed by atoms with E-state index in [1.54, 1.807) is 0 Å². The van der Waals surface area contributed by atoms with Crippen LogP contribution < -0.4 is 0 Å². The zero-order valence-electron chi connectivity index (χ0n) is 14.5. The number of fused-ring (bicyclic) bond motifs is 1. The van der Waals surface area contributed by atoms with Gasteiger partial charge in [0.05, 0.1) is 0 Å². The van der Waals surface area contributed by atoms with E-state index in [-0.39, 0.29) is 18.0 Å². The first kappa shape index (κ1) is 17.0. The maximum atomic E-state index is 14.2. The lowest BCUT2D eigenvalue weighted by atomic mass is 9.82. The van der Waals surface area contributed by atoms with Crippen LogP contribution in [0.5, 0.6) is 0 Å². The number of carbonyl (C=O) groups is 1. The predicted octanol–water partition coefficient (Wildman–Crippen LogP) is 3.59. The molecule has 0 aliphatic carbocycles. The first-order chi connectivity index (χ1) is 12.6. The lowest BCUT2D eigenvalue weighted by Crippen LogP contribution is -2.59. The summed E-state index contributed by atoms with van der Waals surface area (Å²) in [5.74, 6) is 0.00681. The highest BCUT2D eigenvalue weighted by Crippen LogP contribution is 2.38. The Morgan fingerprint density at radius 1 is 0.962 bits per heavy atom. The highest BCUT2D eigenvalue weighted by molar-refractivity contribution is 5.65. The van der Waals surface area contributed by atoms with Crippen molar-refractivity contribution < 1.29 is 14.3 Å². The van der Waals surface area contributed by atoms with Gasteiger partial charge in [0, 0.05) is 37.6 Å². The Labute approximate surface area is 152 Å². The van der Waals surface area contributed by atoms with E-state index in [1.165, 1.54) is 4.90 Å². The molecule has 2 aliphatic rings. The largest absolute Gasteiger partial charge is 0.465 e. The molecule has 2 aliphatic heterocycles. The highest BCUT2D eigenvalue weighted by atomic mass is 19.1. The Morgan fingerprint density at radius 3 is 2.08 bits per heavy atom. The molecule has 0 spiro atoms. The van der Waals surface area contributed by atoms with Crippen LogP contribution in [0, 0.1) is 0 Å². The Bertz CT molecular complexity index is 716. The van der Waals surface area contributed by atoms with E-state index in [2.05, 4.69) is 29.2 Å². The molecule has 0 aromatic heterocycles. The van der Waals surface area contributed by atoms with Crippen LogP contribution in [0.4, 0.5) is 9.18 Å². The molecule has 5 heteroatoms. The van der Waals surface area contributed by atoms with Gasteiger partial charge in [0.25, 0.3) is 0 Å². The average Bonchev–Trinajstić information content (AvgIpc) is 3.04. The van der Waals surface area contributed by atoms with Gasteiger partial charge in [-0.1, -0.05) is 60.7 Å². The van der Waals surface area contributed by atoms with Crippen LogP contribution in [0.2, 0.25) is 0 Å². The smallest absolute Gasteiger partial charge is 0.407 e. The minimum Gasteiger partial charge on any atom is -0.465 e. The molecule has 4 rings (SSSR count). The number of benzene rings is 2. The van der Waals surface area contributed by atoms with Crippen molar-refractivity contribution in [1.82, 2.24) is 9.80 Å². The minimum atomic E-state index is -0.920. The number of nitrogens with zero attached hydrogens (tertiary/aromatic N) is 2. The van der Waals surface area contributed by atoms with Gasteiger partial charge < -0.3 is 10.0 Å². The van der Waals surface area contributed by atoms with Crippen LogP contribution >= 0.6 is 0 Å². The van der Waals surface area contributed by atoms with Crippen molar-refractivity contribution >= 4 is 6.09 Å². The molecular weight excluding hydrogens is 331 g/mol. The molecule has 2 heterocycles. The van der Waals surface area contributed by atoms with Crippen molar-refractivity contribution in [3.05, 3.63) is 71.8 Å². The fourth-order valence-electron chi connectivity index (χ4n) is 4.54. The van der Waals surface area contributed by atoms with Gasteiger partial charge in [0.1, 0.15) is 6.17 Å². The Morgan fingerprint density at radius 2 is 1.54 bits per heavy atom. The molecule has 2 aromatic carbocycles. The molecule has 0 unspecified atom stereocenters. The van der Waals surface area contributed by atoms with Crippen LogP contribution in [0.3, 0.4) is 0 Å². The van der Waals surface area contributed by atoms with E-state index in [9.17, 15) is 14.3 Å². The molecule has 2 fully saturated rings. The summed E-state index contributed by atoms with van der Waals surface area (Å²) in [7, 11) is 0. The van der Waals surface area contributed by atoms with Crippen LogP contribution in [0.15, 0.2) is 60.7 Å². The van der Waals surface area contributed by atoms with E-state index in [0.29, 0.717) is 26.1 Å². The molecule has 0 saturated carbocycles. The van der Waals surface area contributed by atoms with Gasteiger partial charge in [-0.25, -0.2) is 9.18 Å². The third-order valence-corrected chi connectivity index (χ3v) is 5.64. The van der Waals surface area contributed by atoms with Gasteiger partial charge in [-0.15, -0.1) is 0 Å². The standard InChI is InChI=1S/C21H23FN2O2/c22-17-11-18-13-23(21(25)26)14-19(24(18)12-17)20(15-7-3-1-4-8-15)16-9-5-2-6-10-16/h1-10,17-20H,11-14H2,(H,25,26)/t17-,18+,19+/m1/s1. The number of alkyl halides is 1. The zero-order valence-corrected chi connectivity index (χ0v) is 14.5. The fraction of sp³-hybridized carbons (Fsp3) is 0.381. The minimum absolute atomic E-state index is 0.00681. The van der Waals surface area contributed by atoms with Crippen molar-refractivity contribution in [2.45, 2.75) is 30.6 Å². The number of piperazine rings is 1. The van der Waals surface area contributed by atoms with Gasteiger partial charge in [0.2, 0.25) is 0 Å². The van der Waals surface area contributed by atoms with Crippen LogP contribution in [-0.4, -0.2) is 58.9 Å². The molecular formula is C21H23FN2O2. The second-order valence-electron chi connectivity index (χ2n) is 7.24. The quantitative estimate of drug-likeness (QED) is 0.916. The summed E-state index contributed by atoms with van der Waals surface area (Å²) >= 11 is 0. The number of rotatable bonds is 3. The molecule has 0 bridgehead atoms. The molecule has 1 N–H and O–H groups in total. The van der Waals surface area contributed by atoms with Crippen molar-refractivity contribution in [3.8, 4) is 0 Å². The van der Waals surface area contributed by atoms with Crippen molar-refractivity contribution in [2.75, 3.05) is 19.6 Å². The molecule has 26 heavy (non-hydrogen) atoms. The Kier molecular flexibility index (Phi) is 4.64. The summed E-state index contributed by atoms with van der Waals surface area (Å²) in [5.41, 5.74) is 2.27. The van der Waals surface area contributed by atoms with Crippen molar-refractivity contribution in [1.29, 1.82) is 0 Å². The number of carboxylic acid groups (broad SMARTS) is 1. The zero-order chi connectivity index (χ0) is 18.1.